The lowest BCUT2D eigenvalue weighted by Gasteiger charge is -2.32. The fourth-order valence-electron chi connectivity index (χ4n) is 3.33. The van der Waals surface area contributed by atoms with Crippen molar-refractivity contribution in [2.24, 2.45) is 0 Å². The molecule has 2 heterocycles. The molecule has 2 aromatic carbocycles. The topological polar surface area (TPSA) is 42.7 Å². The average Bonchev–Trinajstić information content (AvgIpc) is 3.03. The number of nitrogens with zero attached hydrogens (tertiary/aromatic N) is 3. The van der Waals surface area contributed by atoms with Gasteiger partial charge in [-0.3, -0.25) is 0 Å². The minimum atomic E-state index is 0.0519. The lowest BCUT2D eigenvalue weighted by molar-refractivity contribution is 0.429. The van der Waals surface area contributed by atoms with Gasteiger partial charge in [0.05, 0.1) is 12.1 Å². The number of anilines is 1. The number of benzene rings is 2. The Morgan fingerprint density at radius 2 is 1.96 bits per heavy atom. The summed E-state index contributed by atoms with van der Waals surface area (Å²) < 4.78 is 1.95. The monoisotopic (exact) mass is 358 g/mol. The van der Waals surface area contributed by atoms with E-state index in [0.29, 0.717) is 10.0 Å². The number of rotatable bonds is 2. The van der Waals surface area contributed by atoms with Crippen LogP contribution < -0.4 is 5.32 Å². The van der Waals surface area contributed by atoms with Crippen LogP contribution in [0.25, 0.3) is 0 Å². The zero-order chi connectivity index (χ0) is 16.7. The molecule has 24 heavy (non-hydrogen) atoms. The Bertz CT molecular complexity index is 890. The smallest absolute Gasteiger partial charge is 0.222 e. The van der Waals surface area contributed by atoms with Crippen LogP contribution in [0.15, 0.2) is 48.8 Å². The first-order valence-corrected chi connectivity index (χ1v) is 8.55. The second-order valence-electron chi connectivity index (χ2n) is 6.00. The summed E-state index contributed by atoms with van der Waals surface area (Å²) in [5, 5.41) is 9.14. The fourth-order valence-corrected chi connectivity index (χ4v) is 3.87. The van der Waals surface area contributed by atoms with Gasteiger partial charge >= 0.3 is 0 Å². The highest BCUT2D eigenvalue weighted by Gasteiger charge is 2.31. The van der Waals surface area contributed by atoms with E-state index in [4.69, 9.17) is 23.2 Å². The van der Waals surface area contributed by atoms with Crippen molar-refractivity contribution >= 4 is 29.2 Å². The molecule has 0 radical (unpaired) electrons. The maximum Gasteiger partial charge on any atom is 0.222 e. The van der Waals surface area contributed by atoms with E-state index in [9.17, 15) is 0 Å². The number of fused-ring (bicyclic) bond motifs is 1. The molecule has 0 spiro atoms. The van der Waals surface area contributed by atoms with Gasteiger partial charge in [0, 0.05) is 10.0 Å². The van der Waals surface area contributed by atoms with Crippen LogP contribution in [0, 0.1) is 6.92 Å². The molecule has 0 unspecified atom stereocenters. The van der Waals surface area contributed by atoms with Crippen molar-refractivity contribution in [1.29, 1.82) is 0 Å². The van der Waals surface area contributed by atoms with Crippen LogP contribution in [0.2, 0.25) is 10.0 Å². The number of aryl methyl sites for hydroxylation is 1. The lowest BCUT2D eigenvalue weighted by atomic mass is 9.91. The molecule has 0 aliphatic carbocycles. The Labute approximate surface area is 150 Å². The molecule has 1 aliphatic rings. The maximum absolute atomic E-state index is 6.42. The molecule has 6 heteroatoms. The van der Waals surface area contributed by atoms with Crippen molar-refractivity contribution in [2.45, 2.75) is 25.4 Å². The summed E-state index contributed by atoms with van der Waals surface area (Å²) in [7, 11) is 0. The van der Waals surface area contributed by atoms with E-state index in [2.05, 4.69) is 46.6 Å². The predicted molar refractivity (Wildman–Crippen MR) is 96.8 cm³/mol. The highest BCUT2D eigenvalue weighted by Crippen LogP contribution is 2.40. The molecule has 1 aliphatic heterocycles. The van der Waals surface area contributed by atoms with E-state index in [0.717, 1.165) is 17.9 Å². The summed E-state index contributed by atoms with van der Waals surface area (Å²) >= 11 is 12.5. The van der Waals surface area contributed by atoms with Gasteiger partial charge in [-0.2, -0.15) is 10.1 Å². The van der Waals surface area contributed by atoms with Crippen molar-refractivity contribution < 1.29 is 0 Å². The molecule has 3 aromatic rings. The second-order valence-corrected chi connectivity index (χ2v) is 6.84. The van der Waals surface area contributed by atoms with Crippen LogP contribution in [0.5, 0.6) is 0 Å². The molecule has 0 fully saturated rings. The van der Waals surface area contributed by atoms with Crippen LogP contribution in [0.3, 0.4) is 0 Å². The fraction of sp³-hybridized carbons (Fsp3) is 0.222. The van der Waals surface area contributed by atoms with Crippen molar-refractivity contribution in [3.8, 4) is 0 Å². The van der Waals surface area contributed by atoms with Gasteiger partial charge in [0.1, 0.15) is 6.33 Å². The molecule has 0 saturated carbocycles. The third-order valence-corrected chi connectivity index (χ3v) is 5.08. The zero-order valence-electron chi connectivity index (χ0n) is 13.1. The Hall–Kier alpha value is -2.04. The standard InChI is InChI=1S/C18H16Cl2N4/c1-11-4-2-3-5-13(11)17-9-16(23-18-21-10-22-24(17)18)14-7-6-12(19)8-15(14)20/h2-8,10,16-17H,9H2,1H3,(H,21,22,23)/t16-,17+/m1/s1. The summed E-state index contributed by atoms with van der Waals surface area (Å²) in [5.41, 5.74) is 3.52. The largest absolute Gasteiger partial charge is 0.347 e. The van der Waals surface area contributed by atoms with Gasteiger partial charge in [-0.1, -0.05) is 53.5 Å². The summed E-state index contributed by atoms with van der Waals surface area (Å²) in [4.78, 5) is 4.36. The second kappa shape index (κ2) is 6.11. The number of aromatic nitrogens is 3. The first kappa shape index (κ1) is 15.5. The molecule has 1 N–H and O–H groups in total. The van der Waals surface area contributed by atoms with Crippen LogP contribution in [-0.2, 0) is 0 Å². The van der Waals surface area contributed by atoms with Crippen molar-refractivity contribution in [2.75, 3.05) is 5.32 Å². The van der Waals surface area contributed by atoms with Gasteiger partial charge in [-0.15, -0.1) is 0 Å². The van der Waals surface area contributed by atoms with Gasteiger partial charge in [-0.25, -0.2) is 4.68 Å². The van der Waals surface area contributed by atoms with Gasteiger partial charge in [-0.05, 0) is 42.2 Å². The Balaban J connectivity index is 1.78. The zero-order valence-corrected chi connectivity index (χ0v) is 14.6. The molecule has 2 atom stereocenters. The normalized spacial score (nSPS) is 19.6. The molecular formula is C18H16Cl2N4. The quantitative estimate of drug-likeness (QED) is 0.697. The van der Waals surface area contributed by atoms with E-state index in [1.54, 1.807) is 12.4 Å². The third-order valence-electron chi connectivity index (χ3n) is 4.52. The van der Waals surface area contributed by atoms with Crippen molar-refractivity contribution in [1.82, 2.24) is 14.8 Å². The average molecular weight is 359 g/mol. The van der Waals surface area contributed by atoms with Crippen LogP contribution in [-0.4, -0.2) is 14.8 Å². The van der Waals surface area contributed by atoms with Gasteiger partial charge in [0.15, 0.2) is 0 Å². The van der Waals surface area contributed by atoms with E-state index < -0.39 is 0 Å². The van der Waals surface area contributed by atoms with E-state index in [1.807, 2.05) is 16.8 Å². The molecular weight excluding hydrogens is 343 g/mol. The summed E-state index contributed by atoms with van der Waals surface area (Å²) in [6.07, 6.45) is 2.42. The highest BCUT2D eigenvalue weighted by atomic mass is 35.5. The molecule has 0 saturated heterocycles. The highest BCUT2D eigenvalue weighted by molar-refractivity contribution is 6.35. The molecule has 0 amide bonds. The Morgan fingerprint density at radius 3 is 2.75 bits per heavy atom. The van der Waals surface area contributed by atoms with Crippen molar-refractivity contribution in [3.63, 3.8) is 0 Å². The Kier molecular flexibility index (Phi) is 3.94. The molecule has 4 rings (SSSR count). The summed E-state index contributed by atoms with van der Waals surface area (Å²) in [6.45, 7) is 2.12. The lowest BCUT2D eigenvalue weighted by Crippen LogP contribution is -2.28. The molecule has 0 bridgehead atoms. The minimum Gasteiger partial charge on any atom is -0.347 e. The molecule has 122 valence electrons. The van der Waals surface area contributed by atoms with E-state index in [-0.39, 0.29) is 12.1 Å². The van der Waals surface area contributed by atoms with Gasteiger partial charge < -0.3 is 5.32 Å². The van der Waals surface area contributed by atoms with Crippen LogP contribution in [0.4, 0.5) is 5.95 Å². The van der Waals surface area contributed by atoms with Crippen LogP contribution >= 0.6 is 23.2 Å². The first-order chi connectivity index (χ1) is 11.6. The van der Waals surface area contributed by atoms with Gasteiger partial charge in [0.2, 0.25) is 5.95 Å². The maximum atomic E-state index is 6.42. The van der Waals surface area contributed by atoms with Gasteiger partial charge in [0.25, 0.3) is 0 Å². The van der Waals surface area contributed by atoms with E-state index >= 15 is 0 Å². The third kappa shape index (κ3) is 2.66. The number of hydrogen-bond acceptors (Lipinski definition) is 3. The van der Waals surface area contributed by atoms with E-state index in [1.165, 1.54) is 11.1 Å². The molecule has 1 aromatic heterocycles. The first-order valence-electron chi connectivity index (χ1n) is 7.80. The Morgan fingerprint density at radius 1 is 1.12 bits per heavy atom. The SMILES string of the molecule is Cc1ccccc1[C@@H]1C[C@H](c2ccc(Cl)cc2Cl)Nc2ncnn21. The minimum absolute atomic E-state index is 0.0519. The van der Waals surface area contributed by atoms with Crippen molar-refractivity contribution in [3.05, 3.63) is 75.5 Å². The summed E-state index contributed by atoms with van der Waals surface area (Å²) in [5.74, 6) is 0.755. The predicted octanol–water partition coefficient (Wildman–Crippen LogP) is 5.04. The number of nitrogens with one attached hydrogen (secondary N) is 1. The number of halogens is 2. The summed E-state index contributed by atoms with van der Waals surface area (Å²) in [6, 6.07) is 14.2. The molecule has 4 nitrogen and oxygen atoms in total. The number of hydrogen-bond donors (Lipinski definition) is 1. The van der Waals surface area contributed by atoms with Crippen LogP contribution in [0.1, 0.15) is 35.2 Å².